The standard InChI is InChI=1S/C9H13BrN2S/c1-9(2,3)12-11-4-7-5-13-6-8(7)10/h4-6,12H,1-3H3/b11-4+. The van der Waals surface area contributed by atoms with Gasteiger partial charge in [-0.05, 0) is 36.7 Å². The first-order valence-corrected chi connectivity index (χ1v) is 5.74. The van der Waals surface area contributed by atoms with Crippen LogP contribution in [0, 0.1) is 0 Å². The Hall–Kier alpha value is -0.350. The molecule has 2 nitrogen and oxygen atoms in total. The highest BCUT2D eigenvalue weighted by Crippen LogP contribution is 2.19. The lowest BCUT2D eigenvalue weighted by Gasteiger charge is -2.16. The van der Waals surface area contributed by atoms with Gasteiger partial charge in [0.1, 0.15) is 0 Å². The third-order valence-electron chi connectivity index (χ3n) is 1.25. The Morgan fingerprint density at radius 3 is 2.62 bits per heavy atom. The number of hydrogen-bond acceptors (Lipinski definition) is 3. The van der Waals surface area contributed by atoms with E-state index in [2.05, 4.69) is 52.6 Å². The zero-order chi connectivity index (χ0) is 9.90. The van der Waals surface area contributed by atoms with Crippen molar-refractivity contribution >= 4 is 33.5 Å². The first kappa shape index (κ1) is 10.7. The minimum Gasteiger partial charge on any atom is -0.305 e. The lowest BCUT2D eigenvalue weighted by atomic mass is 10.1. The van der Waals surface area contributed by atoms with Crippen LogP contribution in [-0.2, 0) is 0 Å². The van der Waals surface area contributed by atoms with Crippen molar-refractivity contribution in [2.45, 2.75) is 26.3 Å². The van der Waals surface area contributed by atoms with Crippen molar-refractivity contribution in [1.82, 2.24) is 5.43 Å². The van der Waals surface area contributed by atoms with Crippen molar-refractivity contribution in [3.05, 3.63) is 20.8 Å². The van der Waals surface area contributed by atoms with Crippen LogP contribution >= 0.6 is 27.3 Å². The van der Waals surface area contributed by atoms with Gasteiger partial charge in [0.25, 0.3) is 0 Å². The molecule has 1 N–H and O–H groups in total. The average Bonchev–Trinajstić information content (AvgIpc) is 2.34. The predicted octanol–water partition coefficient (Wildman–Crippen LogP) is 3.23. The maximum atomic E-state index is 4.15. The van der Waals surface area contributed by atoms with Crippen molar-refractivity contribution in [3.63, 3.8) is 0 Å². The third-order valence-corrected chi connectivity index (χ3v) is 3.00. The van der Waals surface area contributed by atoms with Crippen molar-refractivity contribution < 1.29 is 0 Å². The summed E-state index contributed by atoms with van der Waals surface area (Å²) in [6.45, 7) is 6.23. The SMILES string of the molecule is CC(C)(C)N/N=C/c1cscc1Br. The van der Waals surface area contributed by atoms with Crippen LogP contribution in [0.4, 0.5) is 0 Å². The van der Waals surface area contributed by atoms with Gasteiger partial charge in [-0.2, -0.15) is 16.4 Å². The summed E-state index contributed by atoms with van der Waals surface area (Å²) in [5.41, 5.74) is 4.18. The van der Waals surface area contributed by atoms with Crippen molar-refractivity contribution in [1.29, 1.82) is 0 Å². The van der Waals surface area contributed by atoms with Crippen LogP contribution in [-0.4, -0.2) is 11.8 Å². The second-order valence-corrected chi connectivity index (χ2v) is 5.39. The first-order chi connectivity index (χ1) is 5.99. The van der Waals surface area contributed by atoms with Crippen LogP contribution in [0.5, 0.6) is 0 Å². The van der Waals surface area contributed by atoms with E-state index in [1.54, 1.807) is 11.3 Å². The summed E-state index contributed by atoms with van der Waals surface area (Å²) in [6.07, 6.45) is 1.83. The minimum absolute atomic E-state index is 0.0268. The number of thiophene rings is 1. The van der Waals surface area contributed by atoms with Gasteiger partial charge in [0, 0.05) is 26.3 Å². The maximum Gasteiger partial charge on any atom is 0.0560 e. The number of rotatable bonds is 2. The Morgan fingerprint density at radius 2 is 2.15 bits per heavy atom. The molecule has 0 unspecified atom stereocenters. The molecular weight excluding hydrogens is 248 g/mol. The monoisotopic (exact) mass is 260 g/mol. The second-order valence-electron chi connectivity index (χ2n) is 3.80. The van der Waals surface area contributed by atoms with Gasteiger partial charge >= 0.3 is 0 Å². The molecule has 0 aliphatic rings. The summed E-state index contributed by atoms with van der Waals surface area (Å²) >= 11 is 5.10. The maximum absolute atomic E-state index is 4.15. The zero-order valence-electron chi connectivity index (χ0n) is 7.97. The number of nitrogens with zero attached hydrogens (tertiary/aromatic N) is 1. The number of nitrogens with one attached hydrogen (secondary N) is 1. The molecule has 0 bridgehead atoms. The normalized spacial score (nSPS) is 12.3. The molecule has 0 spiro atoms. The average molecular weight is 261 g/mol. The summed E-state index contributed by atoms with van der Waals surface area (Å²) in [6, 6.07) is 0. The van der Waals surface area contributed by atoms with E-state index in [4.69, 9.17) is 0 Å². The zero-order valence-corrected chi connectivity index (χ0v) is 10.4. The molecule has 1 aromatic rings. The highest BCUT2D eigenvalue weighted by molar-refractivity contribution is 9.10. The summed E-state index contributed by atoms with van der Waals surface area (Å²) in [5.74, 6) is 0. The lowest BCUT2D eigenvalue weighted by Crippen LogP contribution is -2.31. The van der Waals surface area contributed by atoms with Gasteiger partial charge in [0.05, 0.1) is 6.21 Å². The minimum atomic E-state index is 0.0268. The van der Waals surface area contributed by atoms with E-state index in [1.807, 2.05) is 11.6 Å². The number of halogens is 1. The molecule has 13 heavy (non-hydrogen) atoms. The van der Waals surface area contributed by atoms with Gasteiger partial charge in [-0.3, -0.25) is 0 Å². The fourth-order valence-electron chi connectivity index (χ4n) is 0.679. The van der Waals surface area contributed by atoms with Crippen LogP contribution in [0.1, 0.15) is 26.3 Å². The van der Waals surface area contributed by atoms with Crippen LogP contribution in [0.15, 0.2) is 20.3 Å². The highest BCUT2D eigenvalue weighted by Gasteiger charge is 2.05. The molecule has 4 heteroatoms. The Balaban J connectivity index is 2.55. The summed E-state index contributed by atoms with van der Waals surface area (Å²) in [5, 5.41) is 8.24. The third kappa shape index (κ3) is 3.91. The second kappa shape index (κ2) is 4.24. The number of hydrazone groups is 1. The van der Waals surface area contributed by atoms with Crippen molar-refractivity contribution in [2.75, 3.05) is 0 Å². The van der Waals surface area contributed by atoms with Crippen molar-refractivity contribution in [3.8, 4) is 0 Å². The molecule has 0 atom stereocenters. The molecule has 0 aliphatic carbocycles. The molecule has 1 aromatic heterocycles. The molecule has 0 amide bonds. The van der Waals surface area contributed by atoms with Gasteiger partial charge < -0.3 is 5.43 Å². The molecule has 0 radical (unpaired) electrons. The summed E-state index contributed by atoms with van der Waals surface area (Å²) in [4.78, 5) is 0. The largest absolute Gasteiger partial charge is 0.305 e. The lowest BCUT2D eigenvalue weighted by molar-refractivity contribution is 0.442. The summed E-state index contributed by atoms with van der Waals surface area (Å²) in [7, 11) is 0. The highest BCUT2D eigenvalue weighted by atomic mass is 79.9. The van der Waals surface area contributed by atoms with Crippen LogP contribution < -0.4 is 5.43 Å². The molecule has 0 saturated carbocycles. The van der Waals surface area contributed by atoms with Gasteiger partial charge in [-0.15, -0.1) is 0 Å². The van der Waals surface area contributed by atoms with E-state index < -0.39 is 0 Å². The fraction of sp³-hybridized carbons (Fsp3) is 0.444. The van der Waals surface area contributed by atoms with Gasteiger partial charge in [0.15, 0.2) is 0 Å². The molecule has 72 valence electrons. The van der Waals surface area contributed by atoms with Crippen molar-refractivity contribution in [2.24, 2.45) is 5.10 Å². The molecule has 0 fully saturated rings. The molecule has 0 aromatic carbocycles. The van der Waals surface area contributed by atoms with Gasteiger partial charge in [0.2, 0.25) is 0 Å². The van der Waals surface area contributed by atoms with E-state index in [1.165, 1.54) is 0 Å². The predicted molar refractivity (Wildman–Crippen MR) is 62.5 cm³/mol. The Labute approximate surface area is 91.2 Å². The molecule has 1 rings (SSSR count). The fourth-order valence-corrected chi connectivity index (χ4v) is 2.03. The first-order valence-electron chi connectivity index (χ1n) is 4.01. The topological polar surface area (TPSA) is 24.4 Å². The van der Waals surface area contributed by atoms with Crippen LogP contribution in [0.3, 0.4) is 0 Å². The molecular formula is C9H13BrN2S. The number of hydrogen-bond donors (Lipinski definition) is 1. The van der Waals surface area contributed by atoms with Crippen LogP contribution in [0.2, 0.25) is 0 Å². The van der Waals surface area contributed by atoms with E-state index in [0.29, 0.717) is 0 Å². The quantitative estimate of drug-likeness (QED) is 0.641. The van der Waals surface area contributed by atoms with E-state index >= 15 is 0 Å². The van der Waals surface area contributed by atoms with E-state index in [9.17, 15) is 0 Å². The molecule has 1 heterocycles. The molecule has 0 aliphatic heterocycles. The van der Waals surface area contributed by atoms with Crippen LogP contribution in [0.25, 0.3) is 0 Å². The Morgan fingerprint density at radius 1 is 1.46 bits per heavy atom. The van der Waals surface area contributed by atoms with Gasteiger partial charge in [-0.1, -0.05) is 0 Å². The summed E-state index contributed by atoms with van der Waals surface area (Å²) < 4.78 is 1.09. The van der Waals surface area contributed by atoms with E-state index in [0.717, 1.165) is 10.0 Å². The molecule has 0 saturated heterocycles. The Kier molecular flexibility index (Phi) is 3.50. The smallest absolute Gasteiger partial charge is 0.0560 e. The van der Waals surface area contributed by atoms with Gasteiger partial charge in [-0.25, -0.2) is 0 Å². The Bertz CT molecular complexity index is 299. The van der Waals surface area contributed by atoms with E-state index in [-0.39, 0.29) is 5.54 Å².